The summed E-state index contributed by atoms with van der Waals surface area (Å²) in [6.45, 7) is 0. The molecular formula is C6H10Cl2N4S. The molecule has 3 N–H and O–H groups in total. The van der Waals surface area contributed by atoms with Gasteiger partial charge in [0.15, 0.2) is 5.17 Å². The SMILES string of the molecule is Cl.Cl.N=C(N)SCc1cccnn1. The summed E-state index contributed by atoms with van der Waals surface area (Å²) in [7, 11) is 0. The average molecular weight is 241 g/mol. The van der Waals surface area contributed by atoms with Crippen molar-refractivity contribution in [2.45, 2.75) is 5.75 Å². The van der Waals surface area contributed by atoms with E-state index in [1.807, 2.05) is 12.1 Å². The number of hydrogen-bond acceptors (Lipinski definition) is 4. The molecule has 7 heteroatoms. The van der Waals surface area contributed by atoms with Crippen LogP contribution in [0.3, 0.4) is 0 Å². The number of halogens is 2. The highest BCUT2D eigenvalue weighted by atomic mass is 35.5. The number of hydrogen-bond donors (Lipinski definition) is 2. The molecule has 0 saturated heterocycles. The largest absolute Gasteiger partial charge is 0.379 e. The molecule has 0 aliphatic heterocycles. The molecule has 0 atom stereocenters. The van der Waals surface area contributed by atoms with Crippen LogP contribution in [0, 0.1) is 5.41 Å². The van der Waals surface area contributed by atoms with E-state index >= 15 is 0 Å². The number of nitrogens with two attached hydrogens (primary N) is 1. The van der Waals surface area contributed by atoms with Crippen LogP contribution in [0.5, 0.6) is 0 Å². The molecule has 4 nitrogen and oxygen atoms in total. The minimum absolute atomic E-state index is 0. The Balaban J connectivity index is 0. The van der Waals surface area contributed by atoms with E-state index in [4.69, 9.17) is 11.1 Å². The topological polar surface area (TPSA) is 75.7 Å². The molecule has 1 rings (SSSR count). The highest BCUT2D eigenvalue weighted by Crippen LogP contribution is 2.06. The third kappa shape index (κ3) is 6.62. The lowest BCUT2D eigenvalue weighted by molar-refractivity contribution is 0.972. The van der Waals surface area contributed by atoms with Gasteiger partial charge in [0.1, 0.15) is 0 Å². The van der Waals surface area contributed by atoms with E-state index in [1.165, 1.54) is 11.8 Å². The van der Waals surface area contributed by atoms with E-state index in [2.05, 4.69) is 10.2 Å². The summed E-state index contributed by atoms with van der Waals surface area (Å²) in [6, 6.07) is 3.66. The number of nitrogens with one attached hydrogen (secondary N) is 1. The van der Waals surface area contributed by atoms with Gasteiger partial charge < -0.3 is 5.73 Å². The lowest BCUT2D eigenvalue weighted by atomic mass is 10.4. The zero-order valence-electron chi connectivity index (χ0n) is 6.64. The molecule has 1 heterocycles. The summed E-state index contributed by atoms with van der Waals surface area (Å²) >= 11 is 1.24. The normalized spacial score (nSPS) is 8.00. The summed E-state index contributed by atoms with van der Waals surface area (Å²) in [4.78, 5) is 0. The highest BCUT2D eigenvalue weighted by Gasteiger charge is 1.94. The zero-order valence-corrected chi connectivity index (χ0v) is 9.09. The van der Waals surface area contributed by atoms with Gasteiger partial charge in [-0.05, 0) is 12.1 Å². The van der Waals surface area contributed by atoms with Crippen molar-refractivity contribution < 1.29 is 0 Å². The van der Waals surface area contributed by atoms with Gasteiger partial charge in [0.05, 0.1) is 5.69 Å². The predicted octanol–water partition coefficient (Wildman–Crippen LogP) is 1.45. The fourth-order valence-electron chi connectivity index (χ4n) is 0.562. The molecule has 13 heavy (non-hydrogen) atoms. The van der Waals surface area contributed by atoms with E-state index in [0.717, 1.165) is 5.69 Å². The van der Waals surface area contributed by atoms with Crippen molar-refractivity contribution in [2.24, 2.45) is 5.73 Å². The molecular weight excluding hydrogens is 231 g/mol. The van der Waals surface area contributed by atoms with Gasteiger partial charge in [0.2, 0.25) is 0 Å². The number of aromatic nitrogens is 2. The third-order valence-electron chi connectivity index (χ3n) is 1.00. The number of thioether (sulfide) groups is 1. The van der Waals surface area contributed by atoms with Gasteiger partial charge >= 0.3 is 0 Å². The van der Waals surface area contributed by atoms with Gasteiger partial charge in [-0.3, -0.25) is 5.41 Å². The Kier molecular flexibility index (Phi) is 9.33. The van der Waals surface area contributed by atoms with E-state index in [1.54, 1.807) is 6.20 Å². The van der Waals surface area contributed by atoms with Crippen molar-refractivity contribution in [2.75, 3.05) is 0 Å². The minimum Gasteiger partial charge on any atom is -0.379 e. The molecule has 0 spiro atoms. The van der Waals surface area contributed by atoms with Crippen molar-refractivity contribution in [3.05, 3.63) is 24.0 Å². The van der Waals surface area contributed by atoms with Crippen molar-refractivity contribution >= 4 is 41.7 Å². The lowest BCUT2D eigenvalue weighted by Gasteiger charge is -1.95. The van der Waals surface area contributed by atoms with E-state index in [-0.39, 0.29) is 30.0 Å². The maximum atomic E-state index is 6.94. The molecule has 0 aromatic carbocycles. The quantitative estimate of drug-likeness (QED) is 0.607. The fraction of sp³-hybridized carbons (Fsp3) is 0.167. The summed E-state index contributed by atoms with van der Waals surface area (Å²) in [6.07, 6.45) is 1.61. The van der Waals surface area contributed by atoms with Gasteiger partial charge in [0, 0.05) is 11.9 Å². The average Bonchev–Trinajstić information content (AvgIpc) is 2.03. The Labute approximate surface area is 93.0 Å². The van der Waals surface area contributed by atoms with E-state index in [9.17, 15) is 0 Å². The molecule has 0 aliphatic rings. The van der Waals surface area contributed by atoms with Crippen LogP contribution in [0.1, 0.15) is 5.69 Å². The second kappa shape index (κ2) is 8.10. The first-order valence-corrected chi connectivity index (χ1v) is 4.01. The first-order valence-electron chi connectivity index (χ1n) is 3.02. The van der Waals surface area contributed by atoms with Gasteiger partial charge in [-0.1, -0.05) is 11.8 Å². The van der Waals surface area contributed by atoms with Crippen LogP contribution in [0.25, 0.3) is 0 Å². The van der Waals surface area contributed by atoms with Crippen LogP contribution in [-0.4, -0.2) is 15.4 Å². The summed E-state index contributed by atoms with van der Waals surface area (Å²) in [5, 5.41) is 14.6. The highest BCUT2D eigenvalue weighted by molar-refractivity contribution is 8.13. The molecule has 0 aliphatic carbocycles. The summed E-state index contributed by atoms with van der Waals surface area (Å²) in [5.74, 6) is 0.614. The molecule has 74 valence electrons. The molecule has 1 aromatic rings. The molecule has 0 bridgehead atoms. The second-order valence-corrected chi connectivity index (χ2v) is 2.89. The Bertz CT molecular complexity index is 244. The Morgan fingerprint density at radius 2 is 2.23 bits per heavy atom. The fourth-order valence-corrected chi connectivity index (χ4v) is 1.02. The standard InChI is InChI=1S/C6H8N4S.2ClH/c7-6(8)11-4-5-2-1-3-9-10-5;;/h1-3H,4H2,(H3,7,8);2*1H. The maximum Gasteiger partial charge on any atom is 0.151 e. The van der Waals surface area contributed by atoms with Crippen molar-refractivity contribution in [3.63, 3.8) is 0 Å². The Hall–Kier alpha value is -0.520. The Morgan fingerprint density at radius 3 is 2.69 bits per heavy atom. The van der Waals surface area contributed by atoms with E-state index < -0.39 is 0 Å². The van der Waals surface area contributed by atoms with E-state index in [0.29, 0.717) is 5.75 Å². The number of amidine groups is 1. The molecule has 0 amide bonds. The maximum absolute atomic E-state index is 6.94. The van der Waals surface area contributed by atoms with Crippen molar-refractivity contribution in [1.82, 2.24) is 10.2 Å². The van der Waals surface area contributed by atoms with Crippen LogP contribution in [0.15, 0.2) is 18.3 Å². The predicted molar refractivity (Wildman–Crippen MR) is 59.7 cm³/mol. The minimum atomic E-state index is 0. The molecule has 0 fully saturated rings. The van der Waals surface area contributed by atoms with Crippen LogP contribution in [-0.2, 0) is 5.75 Å². The Morgan fingerprint density at radius 1 is 1.54 bits per heavy atom. The molecule has 0 unspecified atom stereocenters. The summed E-state index contributed by atoms with van der Waals surface area (Å²) in [5.41, 5.74) is 5.98. The molecule has 0 radical (unpaired) electrons. The van der Waals surface area contributed by atoms with Crippen LogP contribution in [0.2, 0.25) is 0 Å². The molecule has 1 aromatic heterocycles. The monoisotopic (exact) mass is 240 g/mol. The number of nitrogens with zero attached hydrogens (tertiary/aromatic N) is 2. The first-order chi connectivity index (χ1) is 5.29. The van der Waals surface area contributed by atoms with Crippen LogP contribution in [0.4, 0.5) is 0 Å². The first kappa shape index (κ1) is 15.0. The number of rotatable bonds is 2. The van der Waals surface area contributed by atoms with Crippen molar-refractivity contribution in [3.8, 4) is 0 Å². The van der Waals surface area contributed by atoms with Gasteiger partial charge in [-0.25, -0.2) is 0 Å². The zero-order chi connectivity index (χ0) is 8.10. The second-order valence-electron chi connectivity index (χ2n) is 1.87. The van der Waals surface area contributed by atoms with Gasteiger partial charge in [-0.2, -0.15) is 10.2 Å². The smallest absolute Gasteiger partial charge is 0.151 e. The van der Waals surface area contributed by atoms with Crippen molar-refractivity contribution in [1.29, 1.82) is 5.41 Å². The van der Waals surface area contributed by atoms with Gasteiger partial charge in [-0.15, -0.1) is 24.8 Å². The molecule has 0 saturated carbocycles. The third-order valence-corrected chi connectivity index (χ3v) is 1.75. The summed E-state index contributed by atoms with van der Waals surface area (Å²) < 4.78 is 0. The lowest BCUT2D eigenvalue weighted by Crippen LogP contribution is -2.04. The van der Waals surface area contributed by atoms with Crippen LogP contribution >= 0.6 is 36.6 Å². The van der Waals surface area contributed by atoms with Gasteiger partial charge in [0.25, 0.3) is 0 Å². The van der Waals surface area contributed by atoms with Crippen LogP contribution < -0.4 is 5.73 Å².